The fourth-order valence-electron chi connectivity index (χ4n) is 4.48. The smallest absolute Gasteiger partial charge is 0.119 e. The molecule has 4 rings (SSSR count). The van der Waals surface area contributed by atoms with E-state index in [2.05, 4.69) is 6.92 Å². The Kier molecular flexibility index (Phi) is 4.07. The second-order valence-corrected chi connectivity index (χ2v) is 7.38. The minimum Gasteiger partial charge on any atom is -0.493 e. The number of benzene rings is 1. The summed E-state index contributed by atoms with van der Waals surface area (Å²) in [5, 5.41) is 10.3. The van der Waals surface area contributed by atoms with Crippen molar-refractivity contribution in [3.8, 4) is 5.75 Å². The molecule has 1 saturated carbocycles. The molecule has 2 saturated heterocycles. The van der Waals surface area contributed by atoms with Gasteiger partial charge in [0.15, 0.2) is 0 Å². The number of epoxide rings is 2. The SMILES string of the molecule is CO[C@@H]1[C@H](O)CC[C@]2(CO2)[C@H]1[C@]1(C)O[C@@H]1CCOc1ccccc1. The molecule has 2 heterocycles. The summed E-state index contributed by atoms with van der Waals surface area (Å²) in [6, 6.07) is 9.82. The van der Waals surface area contributed by atoms with Crippen molar-refractivity contribution in [2.45, 2.75) is 55.7 Å². The van der Waals surface area contributed by atoms with Gasteiger partial charge in [-0.1, -0.05) is 18.2 Å². The van der Waals surface area contributed by atoms with Gasteiger partial charge in [-0.2, -0.15) is 0 Å². The van der Waals surface area contributed by atoms with Crippen LogP contribution in [-0.2, 0) is 14.2 Å². The summed E-state index contributed by atoms with van der Waals surface area (Å²) in [7, 11) is 1.67. The molecule has 0 amide bonds. The Labute approximate surface area is 142 Å². The van der Waals surface area contributed by atoms with Gasteiger partial charge in [0.2, 0.25) is 0 Å². The predicted molar refractivity (Wildman–Crippen MR) is 88.0 cm³/mol. The highest BCUT2D eigenvalue weighted by Crippen LogP contribution is 2.59. The van der Waals surface area contributed by atoms with E-state index in [-0.39, 0.29) is 29.3 Å². The maximum atomic E-state index is 10.3. The van der Waals surface area contributed by atoms with Gasteiger partial charge >= 0.3 is 0 Å². The zero-order chi connectivity index (χ0) is 16.8. The van der Waals surface area contributed by atoms with Crippen molar-refractivity contribution in [1.82, 2.24) is 0 Å². The van der Waals surface area contributed by atoms with Crippen LogP contribution in [0.1, 0.15) is 26.2 Å². The lowest BCUT2D eigenvalue weighted by Crippen LogP contribution is -2.54. The number of aliphatic hydroxyl groups excluding tert-OH is 1. The van der Waals surface area contributed by atoms with E-state index in [0.717, 1.165) is 31.6 Å². The third-order valence-electron chi connectivity index (χ3n) is 5.91. The molecule has 1 spiro atoms. The number of aliphatic hydroxyl groups is 1. The first-order valence-electron chi connectivity index (χ1n) is 8.79. The summed E-state index contributed by atoms with van der Waals surface area (Å²) in [5.74, 6) is 0.949. The normalized spacial score (nSPS) is 43.6. The zero-order valence-corrected chi connectivity index (χ0v) is 14.3. The highest BCUT2D eigenvalue weighted by atomic mass is 16.6. The molecule has 3 fully saturated rings. The molecule has 5 heteroatoms. The molecule has 6 atom stereocenters. The fourth-order valence-corrected chi connectivity index (χ4v) is 4.48. The summed E-state index contributed by atoms with van der Waals surface area (Å²) in [6.45, 7) is 3.49. The number of para-hydroxylation sites is 1. The lowest BCUT2D eigenvalue weighted by atomic mass is 9.68. The van der Waals surface area contributed by atoms with Gasteiger partial charge in [0, 0.05) is 13.5 Å². The number of rotatable bonds is 6. The maximum Gasteiger partial charge on any atom is 0.119 e. The van der Waals surface area contributed by atoms with Crippen molar-refractivity contribution in [3.05, 3.63) is 30.3 Å². The summed E-state index contributed by atoms with van der Waals surface area (Å²) in [5.41, 5.74) is -0.470. The highest BCUT2D eigenvalue weighted by molar-refractivity contribution is 5.22. The second kappa shape index (κ2) is 5.99. The molecular weight excluding hydrogens is 308 g/mol. The lowest BCUT2D eigenvalue weighted by molar-refractivity contribution is -0.116. The number of ether oxygens (including phenoxy) is 4. The van der Waals surface area contributed by atoms with Crippen LogP contribution in [0.4, 0.5) is 0 Å². The average molecular weight is 334 g/mol. The number of methoxy groups -OCH3 is 1. The van der Waals surface area contributed by atoms with Crippen LogP contribution >= 0.6 is 0 Å². The first-order valence-corrected chi connectivity index (χ1v) is 8.79. The van der Waals surface area contributed by atoms with Crippen LogP contribution in [0.15, 0.2) is 30.3 Å². The van der Waals surface area contributed by atoms with Crippen LogP contribution < -0.4 is 4.74 Å². The first-order chi connectivity index (χ1) is 11.6. The molecule has 2 aliphatic heterocycles. The van der Waals surface area contributed by atoms with Gasteiger partial charge in [0.25, 0.3) is 0 Å². The van der Waals surface area contributed by atoms with Crippen molar-refractivity contribution in [2.75, 3.05) is 20.3 Å². The summed E-state index contributed by atoms with van der Waals surface area (Å²) in [4.78, 5) is 0. The van der Waals surface area contributed by atoms with Crippen molar-refractivity contribution < 1.29 is 24.1 Å². The minimum atomic E-state index is -0.447. The Morgan fingerprint density at radius 2 is 2.04 bits per heavy atom. The van der Waals surface area contributed by atoms with E-state index in [1.54, 1.807) is 7.11 Å². The highest BCUT2D eigenvalue weighted by Gasteiger charge is 2.71. The lowest BCUT2D eigenvalue weighted by Gasteiger charge is -2.41. The van der Waals surface area contributed by atoms with Crippen LogP contribution in [0.5, 0.6) is 5.75 Å². The quantitative estimate of drug-likeness (QED) is 0.808. The van der Waals surface area contributed by atoms with E-state index in [1.807, 2.05) is 30.3 Å². The summed E-state index contributed by atoms with van der Waals surface area (Å²) >= 11 is 0. The van der Waals surface area contributed by atoms with Gasteiger partial charge in [0.1, 0.15) is 11.4 Å². The van der Waals surface area contributed by atoms with E-state index in [1.165, 1.54) is 0 Å². The predicted octanol–water partition coefficient (Wildman–Crippen LogP) is 2.17. The van der Waals surface area contributed by atoms with Crippen LogP contribution in [0.25, 0.3) is 0 Å². The fraction of sp³-hybridized carbons (Fsp3) is 0.684. The minimum absolute atomic E-state index is 0.0699. The van der Waals surface area contributed by atoms with Crippen LogP contribution in [0.2, 0.25) is 0 Å². The molecule has 0 radical (unpaired) electrons. The first kappa shape index (κ1) is 16.3. The molecule has 132 valence electrons. The standard InChI is InChI=1S/C19H26O5/c1-18(15(24-18)9-11-22-13-6-4-3-5-7-13)17-16(21-2)14(20)8-10-19(17)12-23-19/h3-7,14-17,20H,8-12H2,1-2H3/t14-,15-,16-,17-,18-,19+/m1/s1. The monoisotopic (exact) mass is 334 g/mol. The zero-order valence-electron chi connectivity index (χ0n) is 14.3. The Hall–Kier alpha value is -1.14. The molecule has 24 heavy (non-hydrogen) atoms. The van der Waals surface area contributed by atoms with E-state index in [9.17, 15) is 5.11 Å². The van der Waals surface area contributed by atoms with Gasteiger partial charge in [-0.15, -0.1) is 0 Å². The van der Waals surface area contributed by atoms with E-state index >= 15 is 0 Å². The molecule has 5 nitrogen and oxygen atoms in total. The van der Waals surface area contributed by atoms with Gasteiger partial charge in [0.05, 0.1) is 43.0 Å². The Bertz CT molecular complexity index is 572. The van der Waals surface area contributed by atoms with E-state index < -0.39 is 6.10 Å². The van der Waals surface area contributed by atoms with Gasteiger partial charge in [-0.3, -0.25) is 0 Å². The molecule has 0 bridgehead atoms. The van der Waals surface area contributed by atoms with Crippen LogP contribution in [0.3, 0.4) is 0 Å². The maximum absolute atomic E-state index is 10.3. The van der Waals surface area contributed by atoms with Crippen molar-refractivity contribution >= 4 is 0 Å². The van der Waals surface area contributed by atoms with E-state index in [0.29, 0.717) is 6.61 Å². The molecule has 1 aromatic carbocycles. The molecule has 1 aromatic rings. The van der Waals surface area contributed by atoms with Crippen molar-refractivity contribution in [2.24, 2.45) is 5.92 Å². The number of hydrogen-bond acceptors (Lipinski definition) is 5. The third kappa shape index (κ3) is 2.73. The van der Waals surface area contributed by atoms with Crippen LogP contribution in [-0.4, -0.2) is 54.9 Å². The largest absolute Gasteiger partial charge is 0.493 e. The molecule has 0 unspecified atom stereocenters. The molecule has 1 aliphatic carbocycles. The van der Waals surface area contributed by atoms with E-state index in [4.69, 9.17) is 18.9 Å². The Morgan fingerprint density at radius 3 is 2.71 bits per heavy atom. The third-order valence-corrected chi connectivity index (χ3v) is 5.91. The van der Waals surface area contributed by atoms with Crippen molar-refractivity contribution in [3.63, 3.8) is 0 Å². The molecular formula is C19H26O5. The molecule has 3 aliphatic rings. The van der Waals surface area contributed by atoms with Gasteiger partial charge in [-0.25, -0.2) is 0 Å². The average Bonchev–Trinajstić information content (AvgIpc) is 3.49. The van der Waals surface area contributed by atoms with Gasteiger partial charge < -0.3 is 24.1 Å². The molecule has 0 aromatic heterocycles. The molecule has 1 N–H and O–H groups in total. The summed E-state index contributed by atoms with van der Waals surface area (Å²) < 4.78 is 23.3. The Morgan fingerprint density at radius 1 is 1.29 bits per heavy atom. The summed E-state index contributed by atoms with van der Waals surface area (Å²) in [6.07, 6.45) is 1.88. The van der Waals surface area contributed by atoms with Gasteiger partial charge in [-0.05, 0) is 31.9 Å². The number of hydrogen-bond donors (Lipinski definition) is 1. The van der Waals surface area contributed by atoms with Crippen LogP contribution in [0, 0.1) is 5.92 Å². The second-order valence-electron chi connectivity index (χ2n) is 7.38. The van der Waals surface area contributed by atoms with Crippen molar-refractivity contribution in [1.29, 1.82) is 0 Å². The Balaban J connectivity index is 1.39. The topological polar surface area (TPSA) is 63.8 Å².